The molecule has 0 aliphatic carbocycles. The second-order valence-electron chi connectivity index (χ2n) is 4.75. The Kier molecular flexibility index (Phi) is 7.04. The zero-order valence-corrected chi connectivity index (χ0v) is 11.1. The number of carboxylic acid groups (broad SMARTS) is 1. The topological polar surface area (TPSA) is 84.9 Å². The fourth-order valence-electron chi connectivity index (χ4n) is 1.06. The number of hydrogen-bond donors (Lipinski definition) is 2. The van der Waals surface area contributed by atoms with Crippen molar-refractivity contribution in [3.63, 3.8) is 0 Å². The molecular formula is C12H21NO5. The van der Waals surface area contributed by atoms with Crippen LogP contribution in [-0.2, 0) is 14.3 Å². The average Bonchev–Trinajstić information content (AvgIpc) is 2.21. The Morgan fingerprint density at radius 1 is 1.44 bits per heavy atom. The van der Waals surface area contributed by atoms with Crippen LogP contribution >= 0.6 is 0 Å². The smallest absolute Gasteiger partial charge is 0.407 e. The molecule has 0 spiro atoms. The minimum atomic E-state index is -1.01. The van der Waals surface area contributed by atoms with Gasteiger partial charge in [0.05, 0.1) is 24.7 Å². The van der Waals surface area contributed by atoms with E-state index in [1.807, 2.05) is 20.8 Å². The molecule has 0 aliphatic heterocycles. The van der Waals surface area contributed by atoms with Crippen molar-refractivity contribution in [2.24, 2.45) is 0 Å². The van der Waals surface area contributed by atoms with E-state index in [0.29, 0.717) is 0 Å². The molecule has 0 radical (unpaired) electrons. The summed E-state index contributed by atoms with van der Waals surface area (Å²) in [4.78, 5) is 22.0. The molecule has 0 unspecified atom stereocenters. The fraction of sp³-hybridized carbons (Fsp3) is 0.667. The van der Waals surface area contributed by atoms with Crippen molar-refractivity contribution in [3.05, 3.63) is 12.7 Å². The minimum Gasteiger partial charge on any atom is -0.481 e. The minimum absolute atomic E-state index is 0.0752. The third-order valence-corrected chi connectivity index (χ3v) is 1.79. The molecule has 6 nitrogen and oxygen atoms in total. The second kappa shape index (κ2) is 7.71. The normalized spacial score (nSPS) is 12.6. The van der Waals surface area contributed by atoms with E-state index in [1.54, 1.807) is 0 Å². The van der Waals surface area contributed by atoms with E-state index in [1.165, 1.54) is 6.08 Å². The van der Waals surface area contributed by atoms with Crippen LogP contribution in [0.25, 0.3) is 0 Å². The largest absolute Gasteiger partial charge is 0.481 e. The van der Waals surface area contributed by atoms with Crippen LogP contribution in [0.1, 0.15) is 27.2 Å². The molecular weight excluding hydrogens is 238 g/mol. The maximum absolute atomic E-state index is 11.3. The second-order valence-corrected chi connectivity index (χ2v) is 4.75. The van der Waals surface area contributed by atoms with Crippen molar-refractivity contribution >= 4 is 12.1 Å². The number of carbonyl (C=O) groups excluding carboxylic acids is 1. The molecule has 1 amide bonds. The van der Waals surface area contributed by atoms with Crippen molar-refractivity contribution in [2.75, 3.05) is 13.2 Å². The van der Waals surface area contributed by atoms with Gasteiger partial charge in [0.15, 0.2) is 0 Å². The Morgan fingerprint density at radius 3 is 2.50 bits per heavy atom. The Labute approximate surface area is 107 Å². The molecule has 2 N–H and O–H groups in total. The van der Waals surface area contributed by atoms with Gasteiger partial charge in [0, 0.05) is 0 Å². The van der Waals surface area contributed by atoms with Crippen LogP contribution in [0.5, 0.6) is 0 Å². The first-order valence-corrected chi connectivity index (χ1v) is 5.64. The predicted octanol–water partition coefficient (Wildman–Crippen LogP) is 1.56. The van der Waals surface area contributed by atoms with Gasteiger partial charge in [0.25, 0.3) is 0 Å². The zero-order chi connectivity index (χ0) is 14.2. The first-order chi connectivity index (χ1) is 8.24. The van der Waals surface area contributed by atoms with Gasteiger partial charge in [-0.1, -0.05) is 12.7 Å². The van der Waals surface area contributed by atoms with Crippen LogP contribution in [0.15, 0.2) is 12.7 Å². The highest BCUT2D eigenvalue weighted by molar-refractivity contribution is 5.71. The van der Waals surface area contributed by atoms with Gasteiger partial charge in [0.1, 0.15) is 6.61 Å². The number of hydrogen-bond acceptors (Lipinski definition) is 4. The number of amides is 1. The van der Waals surface area contributed by atoms with E-state index in [9.17, 15) is 9.59 Å². The molecule has 0 saturated carbocycles. The number of carboxylic acids is 1. The molecule has 0 aromatic heterocycles. The predicted molar refractivity (Wildman–Crippen MR) is 66.4 cm³/mol. The van der Waals surface area contributed by atoms with Crippen molar-refractivity contribution in [1.82, 2.24) is 5.32 Å². The van der Waals surface area contributed by atoms with Crippen molar-refractivity contribution in [2.45, 2.75) is 38.8 Å². The molecule has 0 fully saturated rings. The van der Waals surface area contributed by atoms with Crippen molar-refractivity contribution in [1.29, 1.82) is 0 Å². The van der Waals surface area contributed by atoms with Crippen LogP contribution in [0.3, 0.4) is 0 Å². The summed E-state index contributed by atoms with van der Waals surface area (Å²) in [7, 11) is 0. The Balaban J connectivity index is 4.26. The third kappa shape index (κ3) is 9.65. The number of nitrogens with one attached hydrogen (secondary N) is 1. The van der Waals surface area contributed by atoms with E-state index in [4.69, 9.17) is 14.6 Å². The number of aliphatic carboxylic acids is 1. The maximum Gasteiger partial charge on any atom is 0.407 e. The number of carbonyl (C=O) groups is 2. The lowest BCUT2D eigenvalue weighted by atomic mass is 10.1. The molecule has 18 heavy (non-hydrogen) atoms. The molecule has 6 heteroatoms. The molecule has 0 aliphatic rings. The van der Waals surface area contributed by atoms with Gasteiger partial charge in [-0.15, -0.1) is 0 Å². The van der Waals surface area contributed by atoms with Crippen LogP contribution in [0, 0.1) is 0 Å². The van der Waals surface area contributed by atoms with Crippen molar-refractivity contribution in [3.8, 4) is 0 Å². The summed E-state index contributed by atoms with van der Waals surface area (Å²) in [5.41, 5.74) is -0.399. The summed E-state index contributed by atoms with van der Waals surface area (Å²) in [6, 6.07) is -0.626. The summed E-state index contributed by atoms with van der Waals surface area (Å²) in [6.45, 7) is 9.13. The molecule has 0 bridgehead atoms. The highest BCUT2D eigenvalue weighted by Gasteiger charge is 2.20. The molecule has 0 heterocycles. The lowest BCUT2D eigenvalue weighted by Gasteiger charge is -2.24. The maximum atomic E-state index is 11.3. The first kappa shape index (κ1) is 16.4. The Morgan fingerprint density at radius 2 is 2.06 bits per heavy atom. The monoisotopic (exact) mass is 259 g/mol. The van der Waals surface area contributed by atoms with Gasteiger partial charge in [-0.05, 0) is 20.8 Å². The summed E-state index contributed by atoms with van der Waals surface area (Å²) in [5, 5.41) is 11.2. The quantitative estimate of drug-likeness (QED) is 0.678. The molecule has 0 aromatic carbocycles. The molecule has 0 rings (SSSR count). The highest BCUT2D eigenvalue weighted by atomic mass is 16.5. The summed E-state index contributed by atoms with van der Waals surface area (Å²) in [5.74, 6) is -1.01. The lowest BCUT2D eigenvalue weighted by Crippen LogP contribution is -2.41. The summed E-state index contributed by atoms with van der Waals surface area (Å²) < 4.78 is 10.2. The van der Waals surface area contributed by atoms with Crippen LogP contribution in [-0.4, -0.2) is 42.0 Å². The fourth-order valence-corrected chi connectivity index (χ4v) is 1.06. The van der Waals surface area contributed by atoms with Gasteiger partial charge >= 0.3 is 12.1 Å². The molecule has 1 atom stereocenters. The van der Waals surface area contributed by atoms with Crippen LogP contribution in [0.4, 0.5) is 4.79 Å². The lowest BCUT2D eigenvalue weighted by molar-refractivity contribution is -0.138. The number of alkyl carbamates (subject to hydrolysis) is 1. The molecule has 104 valence electrons. The van der Waals surface area contributed by atoms with E-state index >= 15 is 0 Å². The molecule has 0 saturated heterocycles. The van der Waals surface area contributed by atoms with Crippen LogP contribution < -0.4 is 5.32 Å². The highest BCUT2D eigenvalue weighted by Crippen LogP contribution is 2.08. The van der Waals surface area contributed by atoms with Gasteiger partial charge in [0.2, 0.25) is 0 Å². The Hall–Kier alpha value is -1.56. The zero-order valence-electron chi connectivity index (χ0n) is 11.1. The summed E-state index contributed by atoms with van der Waals surface area (Å²) in [6.07, 6.45) is 0.523. The van der Waals surface area contributed by atoms with E-state index in [-0.39, 0.29) is 19.6 Å². The van der Waals surface area contributed by atoms with E-state index in [2.05, 4.69) is 11.9 Å². The summed E-state index contributed by atoms with van der Waals surface area (Å²) >= 11 is 0. The SMILES string of the molecule is C=CCOC(=O)N[C@@H](COC(C)(C)C)CC(=O)O. The van der Waals surface area contributed by atoms with Crippen LogP contribution in [0.2, 0.25) is 0 Å². The number of ether oxygens (including phenoxy) is 2. The molecule has 0 aromatic rings. The first-order valence-electron chi connectivity index (χ1n) is 5.64. The van der Waals surface area contributed by atoms with E-state index < -0.39 is 23.7 Å². The van der Waals surface area contributed by atoms with Gasteiger partial charge in [-0.3, -0.25) is 4.79 Å². The number of rotatable bonds is 7. The standard InChI is InChI=1S/C12H21NO5/c1-5-6-17-11(16)13-9(7-10(14)15)8-18-12(2,3)4/h5,9H,1,6-8H2,2-4H3,(H,13,16)(H,14,15)/t9-/m1/s1. The van der Waals surface area contributed by atoms with Crippen molar-refractivity contribution < 1.29 is 24.2 Å². The van der Waals surface area contributed by atoms with E-state index in [0.717, 1.165) is 0 Å². The van der Waals surface area contributed by atoms with Gasteiger partial charge in [-0.25, -0.2) is 4.79 Å². The Bertz CT molecular complexity index is 295. The third-order valence-electron chi connectivity index (χ3n) is 1.79. The van der Waals surface area contributed by atoms with Gasteiger partial charge < -0.3 is 19.9 Å². The average molecular weight is 259 g/mol. The van der Waals surface area contributed by atoms with Gasteiger partial charge in [-0.2, -0.15) is 0 Å².